The van der Waals surface area contributed by atoms with Crippen molar-refractivity contribution in [2.45, 2.75) is 123 Å². The summed E-state index contributed by atoms with van der Waals surface area (Å²) >= 11 is 8.42. The molecule has 10 heterocycles. The maximum Gasteiger partial charge on any atom is 0.115 e. The topological polar surface area (TPSA) is 218 Å². The van der Waals surface area contributed by atoms with Gasteiger partial charge >= 0.3 is 0 Å². The van der Waals surface area contributed by atoms with Crippen molar-refractivity contribution in [2.24, 2.45) is 0 Å². The molecule has 0 aliphatic rings. The van der Waals surface area contributed by atoms with Gasteiger partial charge in [0.1, 0.15) is 31.6 Å². The van der Waals surface area contributed by atoms with E-state index in [1.54, 1.807) is 82.0 Å². The van der Waals surface area contributed by atoms with Crippen LogP contribution >= 0.6 is 56.7 Å². The van der Waals surface area contributed by atoms with Gasteiger partial charge < -0.3 is 22.8 Å². The summed E-state index contributed by atoms with van der Waals surface area (Å²) < 4.78 is 16.0. The van der Waals surface area contributed by atoms with Crippen molar-refractivity contribution < 1.29 is 101 Å². The number of fused-ring (bicyclic) bond motifs is 5. The van der Waals surface area contributed by atoms with Crippen molar-refractivity contribution in [3.05, 3.63) is 368 Å². The molecule has 0 unspecified atom stereocenters. The van der Waals surface area contributed by atoms with Crippen molar-refractivity contribution in [1.82, 2.24) is 98.7 Å². The van der Waals surface area contributed by atoms with Gasteiger partial charge in [0, 0.05) is 162 Å². The van der Waals surface area contributed by atoms with E-state index < -0.39 is 0 Å². The van der Waals surface area contributed by atoms with E-state index in [9.17, 15) is 0 Å². The minimum atomic E-state index is 0. The molecular weight excluding hydrogens is 2730 g/mol. The summed E-state index contributed by atoms with van der Waals surface area (Å²) in [5.74, 6) is 4.64. The molecule has 0 saturated heterocycles. The third-order valence-electron chi connectivity index (χ3n) is 23.6. The van der Waals surface area contributed by atoms with Gasteiger partial charge in [-0.05, 0) is 197 Å². The molecule has 0 atom stereocenters. The maximum absolute atomic E-state index is 4.77. The van der Waals surface area contributed by atoms with Gasteiger partial charge in [0.15, 0.2) is 0 Å². The third kappa shape index (κ3) is 21.8. The molecule has 10 aromatic heterocycles. The third-order valence-corrected chi connectivity index (χ3v) is 28.3. The molecule has 0 aliphatic carbocycles. The molecule has 30 heteroatoms. The van der Waals surface area contributed by atoms with Crippen LogP contribution < -0.4 is 0 Å². The van der Waals surface area contributed by atoms with Crippen LogP contribution in [0.3, 0.4) is 0 Å². The van der Waals surface area contributed by atoms with Crippen LogP contribution in [-0.4, -0.2) is 98.7 Å². The van der Waals surface area contributed by atoms with Gasteiger partial charge in [-0.15, -0.1) is 173 Å². The van der Waals surface area contributed by atoms with Crippen LogP contribution in [0, 0.1) is 113 Å². The summed E-state index contributed by atoms with van der Waals surface area (Å²) in [4.78, 5) is 23.5. The second-order valence-corrected chi connectivity index (χ2v) is 40.1. The summed E-state index contributed by atoms with van der Waals surface area (Å²) in [5.41, 5.74) is 32.6. The monoisotopic (exact) mass is 2830 g/mol. The quantitative estimate of drug-likeness (QED) is 0.0872. The Morgan fingerprint density at radius 1 is 0.241 bits per heavy atom. The van der Waals surface area contributed by atoms with Gasteiger partial charge in [-0.2, -0.15) is 25.5 Å². The summed E-state index contributed by atoms with van der Waals surface area (Å²) in [6, 6.07) is 96.0. The zero-order valence-corrected chi connectivity index (χ0v) is 95.7. The van der Waals surface area contributed by atoms with Crippen LogP contribution in [-0.2, 0) is 101 Å². The summed E-state index contributed by atoms with van der Waals surface area (Å²) in [7, 11) is 0. The first-order chi connectivity index (χ1) is 66.1. The number of hydrogen-bond acceptors (Lipinski definition) is 20. The number of nitrogens with zero attached hydrogens (tertiary/aromatic N) is 20. The molecule has 23 rings (SSSR count). The summed E-state index contributed by atoms with van der Waals surface area (Å²) in [6.07, 6.45) is 8.91. The van der Waals surface area contributed by atoms with Crippen LogP contribution in [0.15, 0.2) is 262 Å². The Kier molecular flexibility index (Phi) is 34.4. The van der Waals surface area contributed by atoms with E-state index in [0.717, 1.165) is 178 Å². The average molecular weight is 2830 g/mol. The largest absolute Gasteiger partial charge is 0.322 e. The number of aryl methyl sites for hydroxylation is 12. The first kappa shape index (κ1) is 105. The Morgan fingerprint density at radius 2 is 0.489 bits per heavy atom. The fourth-order valence-corrected chi connectivity index (χ4v) is 22.1. The van der Waals surface area contributed by atoms with Crippen LogP contribution in [0.5, 0.6) is 0 Å². The Balaban J connectivity index is 0.000000140. The Morgan fingerprint density at radius 3 is 0.780 bits per heavy atom. The van der Waals surface area contributed by atoms with E-state index in [1.165, 1.54) is 66.9 Å². The zero-order valence-electron chi connectivity index (χ0n) is 79.6. The molecule has 0 fully saturated rings. The summed E-state index contributed by atoms with van der Waals surface area (Å²) in [5, 5.41) is 48.4. The van der Waals surface area contributed by atoms with E-state index in [1.807, 2.05) is 111 Å². The fraction of sp³-hybridized carbons (Fsp3) is 0.162. The predicted molar refractivity (Wildman–Crippen MR) is 555 cm³/mol. The van der Waals surface area contributed by atoms with Gasteiger partial charge in [0.05, 0.1) is 59.8 Å². The molecule has 141 heavy (non-hydrogen) atoms. The molecule has 0 bridgehead atoms. The number of rotatable bonds is 15. The normalized spacial score (nSPS) is 11.0. The molecule has 23 aromatic rings. The molecule has 0 aliphatic heterocycles. The first-order valence-electron chi connectivity index (χ1n) is 44.7. The molecular formula is C111H93Ir5N20S5-5. The molecule has 717 valence electrons. The van der Waals surface area contributed by atoms with Crippen LogP contribution in [0.4, 0.5) is 0 Å². The number of aromatic nitrogens is 20. The van der Waals surface area contributed by atoms with Gasteiger partial charge in [0.2, 0.25) is 0 Å². The van der Waals surface area contributed by atoms with Crippen molar-refractivity contribution in [3.63, 3.8) is 0 Å². The van der Waals surface area contributed by atoms with E-state index in [4.69, 9.17) is 15.0 Å². The van der Waals surface area contributed by atoms with Gasteiger partial charge in [-0.25, -0.2) is 0 Å². The molecule has 5 radical (unpaired) electrons. The molecule has 0 N–H and O–H groups in total. The smallest absolute Gasteiger partial charge is 0.115 e. The number of hydrogen-bond donors (Lipinski definition) is 0. The number of thiazole rings is 5. The number of benzene rings is 13. The molecule has 20 nitrogen and oxygen atoms in total. The van der Waals surface area contributed by atoms with Crippen molar-refractivity contribution in [1.29, 1.82) is 0 Å². The minimum Gasteiger partial charge on any atom is -0.322 e. The van der Waals surface area contributed by atoms with E-state index >= 15 is 0 Å². The first-order valence-corrected chi connectivity index (χ1v) is 48.8. The molecule has 0 saturated carbocycles. The molecule has 13 aromatic carbocycles. The van der Waals surface area contributed by atoms with Crippen LogP contribution in [0.25, 0.3) is 170 Å². The predicted octanol–water partition coefficient (Wildman–Crippen LogP) is 27.7. The Hall–Kier alpha value is -11.7. The second-order valence-electron chi connectivity index (χ2n) is 34.0. The maximum atomic E-state index is 4.77. The van der Waals surface area contributed by atoms with Crippen molar-refractivity contribution in [3.8, 4) is 119 Å². The van der Waals surface area contributed by atoms with Crippen LogP contribution in [0.2, 0.25) is 0 Å². The van der Waals surface area contributed by atoms with Crippen molar-refractivity contribution in [2.75, 3.05) is 0 Å². The average Bonchev–Trinajstić information content (AvgIpc) is 1.59. The van der Waals surface area contributed by atoms with E-state index in [2.05, 4.69) is 351 Å². The van der Waals surface area contributed by atoms with Gasteiger partial charge in [0.25, 0.3) is 0 Å². The van der Waals surface area contributed by atoms with Gasteiger partial charge in [-0.3, -0.25) is 24.9 Å². The molecule has 0 spiro atoms. The van der Waals surface area contributed by atoms with Crippen LogP contribution in [0.1, 0.15) is 115 Å². The van der Waals surface area contributed by atoms with E-state index in [0.29, 0.717) is 11.8 Å². The second kappa shape index (κ2) is 46.1. The Labute approximate surface area is 906 Å². The zero-order chi connectivity index (χ0) is 94.1. The standard InChI is InChI=1S/C28H19N4S.C24H19N4S.C22H23N4S.C19H17N4S.C18H15N4S.5Ir/c1-19-30-26-24(16-9-17-25(26)33-19)28-31-29-18-32(28)27-22(20-10-4-2-5-11-20)14-8-15-23(27)21-12-6-3-7-13-21;1-15-12-19(18-8-5-4-6-9-18)13-16(2)23(15)28-14-25-27-24(28)20-10-7-11-21-22(20)26-17(3)29-21;1-13(2)16-8-6-9-17(14(3)4)21(16)26-12-23-25-22(26)18-10-7-11-19-20(18)24-15(5)27-19;1-11-8-12(2)18(13(3)9-11)23-10-20-22-19(23)15-6-5-7-16-17(15)21-14(4)24-16;1-11-6-4-7-12(2)17(11)22-10-19-21-18(22)14-8-5-9-15-16(14)20-13(3)23-15;;;;;/h2-15,17-18H,1H3;4-9,11-14H,1-3H3;6-9,11-14H,1-5H3;5,7-10H,1-4H3;4-7,9-10H,1-3H3;;;;;/q5*-1;;;;;. The minimum absolute atomic E-state index is 0. The number of para-hydroxylation sites is 3. The Bertz CT molecular complexity index is 8180. The SMILES string of the molecule is Cc1cc(C)c(-n2cnnc2-c2[c-]ccc3sc(C)nc23)c(C)c1.Cc1nc2c(-c3nncn3-c3c(-c4ccccc4)cccc3-c3ccccc3)[c-]ccc2s1.Cc1nc2c(-c3nncn3-c3c(C(C)C)cccc3C(C)C)[c-]ccc2s1.Cc1nc2c(-c3nncn3-c3c(C)cc(-c4ccccc4)cc3C)[c-]ccc2s1.Cc1nc2c(-c3nncn3-c3c(C)cccc3C)[c-]ccc2s1.[Ir].[Ir].[Ir].[Ir].[Ir]. The summed E-state index contributed by atoms with van der Waals surface area (Å²) in [6.45, 7) is 33.9. The van der Waals surface area contributed by atoms with Crippen molar-refractivity contribution >= 4 is 108 Å². The fourth-order valence-electron chi connectivity index (χ4n) is 17.9. The molecule has 0 amide bonds. The van der Waals surface area contributed by atoms with E-state index in [-0.39, 0.29) is 101 Å². The van der Waals surface area contributed by atoms with Gasteiger partial charge in [-0.1, -0.05) is 219 Å².